The van der Waals surface area contributed by atoms with Crippen molar-refractivity contribution in [3.8, 4) is 0 Å². The van der Waals surface area contributed by atoms with E-state index in [-0.39, 0.29) is 24.5 Å². The number of furan rings is 1. The summed E-state index contributed by atoms with van der Waals surface area (Å²) in [5.41, 5.74) is 1.58. The van der Waals surface area contributed by atoms with Gasteiger partial charge in [0.1, 0.15) is 18.4 Å². The molecule has 1 atom stereocenters. The Morgan fingerprint density at radius 1 is 1.09 bits per heavy atom. The number of amides is 2. The minimum Gasteiger partial charge on any atom is -0.467 e. The highest BCUT2D eigenvalue weighted by atomic mass is 16.5. The average Bonchev–Trinajstić information content (AvgIpc) is 3.45. The molecular weight excluding hydrogens is 414 g/mol. The molecule has 1 aliphatic rings. The molecule has 1 unspecified atom stereocenters. The lowest BCUT2D eigenvalue weighted by Gasteiger charge is -2.27. The number of rotatable bonds is 7. The number of aryl methyl sites for hydroxylation is 1. The van der Waals surface area contributed by atoms with E-state index >= 15 is 0 Å². The van der Waals surface area contributed by atoms with Crippen molar-refractivity contribution in [1.82, 2.24) is 15.2 Å². The number of para-hydroxylation sites is 1. The van der Waals surface area contributed by atoms with Gasteiger partial charge >= 0.3 is 18.0 Å². The number of benzene rings is 1. The van der Waals surface area contributed by atoms with E-state index < -0.39 is 24.0 Å². The Kier molecular flexibility index (Phi) is 5.98. The molecule has 1 aliphatic heterocycles. The number of carbonyl (C=O) groups is 3. The normalized spacial score (nSPS) is 15.9. The van der Waals surface area contributed by atoms with Crippen molar-refractivity contribution in [1.29, 1.82) is 0 Å². The number of nitrogens with one attached hydrogen (secondary N) is 2. The monoisotopic (exact) mass is 437 g/mol. The number of aromatic nitrogens is 1. The van der Waals surface area contributed by atoms with Crippen LogP contribution < -0.4 is 10.6 Å². The van der Waals surface area contributed by atoms with Gasteiger partial charge in [-0.15, -0.1) is 0 Å². The van der Waals surface area contributed by atoms with Gasteiger partial charge in [-0.2, -0.15) is 0 Å². The fourth-order valence-electron chi connectivity index (χ4n) is 3.74. The first-order chi connectivity index (χ1) is 15.5. The SMILES string of the molecule is CCOC(=O)C1=C(COC(=O)c2cn(CC)c3ccccc23)NC(=O)NC1c1ccco1. The number of hydrogen-bond donors (Lipinski definition) is 2. The van der Waals surface area contributed by atoms with Crippen LogP contribution in [-0.2, 0) is 20.8 Å². The Labute approximate surface area is 184 Å². The molecule has 3 aromatic rings. The number of hydrogen-bond acceptors (Lipinski definition) is 6. The van der Waals surface area contributed by atoms with Crippen molar-refractivity contribution in [2.24, 2.45) is 0 Å². The van der Waals surface area contributed by atoms with Crippen molar-refractivity contribution in [3.05, 3.63) is 71.5 Å². The summed E-state index contributed by atoms with van der Waals surface area (Å²) < 4.78 is 18.0. The lowest BCUT2D eigenvalue weighted by molar-refractivity contribution is -0.139. The van der Waals surface area contributed by atoms with Crippen LogP contribution in [-0.4, -0.2) is 35.8 Å². The predicted octanol–water partition coefficient (Wildman–Crippen LogP) is 3.28. The van der Waals surface area contributed by atoms with Crippen LogP contribution in [0.2, 0.25) is 0 Å². The fourth-order valence-corrected chi connectivity index (χ4v) is 3.74. The molecule has 166 valence electrons. The number of nitrogens with zero attached hydrogens (tertiary/aromatic N) is 1. The molecule has 1 aromatic carbocycles. The van der Waals surface area contributed by atoms with Gasteiger partial charge in [-0.3, -0.25) is 0 Å². The van der Waals surface area contributed by atoms with Crippen LogP contribution in [0.5, 0.6) is 0 Å². The number of carbonyl (C=O) groups excluding carboxylic acids is 3. The van der Waals surface area contributed by atoms with Crippen LogP contribution in [0.3, 0.4) is 0 Å². The van der Waals surface area contributed by atoms with E-state index in [1.807, 2.05) is 35.8 Å². The molecular formula is C23H23N3O6. The van der Waals surface area contributed by atoms with Gasteiger partial charge in [0.05, 0.1) is 29.7 Å². The van der Waals surface area contributed by atoms with Crippen LogP contribution in [0.4, 0.5) is 4.79 Å². The second-order valence-electron chi connectivity index (χ2n) is 7.08. The van der Waals surface area contributed by atoms with Crippen LogP contribution in [0, 0.1) is 0 Å². The molecule has 32 heavy (non-hydrogen) atoms. The molecule has 4 rings (SSSR count). The topological polar surface area (TPSA) is 112 Å². The Morgan fingerprint density at radius 3 is 2.62 bits per heavy atom. The van der Waals surface area contributed by atoms with Crippen molar-refractivity contribution < 1.29 is 28.3 Å². The van der Waals surface area contributed by atoms with Gasteiger partial charge < -0.3 is 29.1 Å². The number of esters is 2. The lowest BCUT2D eigenvalue weighted by Crippen LogP contribution is -2.47. The molecule has 2 N–H and O–H groups in total. The second-order valence-corrected chi connectivity index (χ2v) is 7.08. The van der Waals surface area contributed by atoms with Crippen molar-refractivity contribution in [3.63, 3.8) is 0 Å². The molecule has 2 aromatic heterocycles. The molecule has 2 amide bonds. The zero-order valence-electron chi connectivity index (χ0n) is 17.7. The number of urea groups is 1. The van der Waals surface area contributed by atoms with Crippen LogP contribution in [0.25, 0.3) is 10.9 Å². The van der Waals surface area contributed by atoms with Gasteiger partial charge in [-0.05, 0) is 32.0 Å². The average molecular weight is 437 g/mol. The first-order valence-corrected chi connectivity index (χ1v) is 10.3. The summed E-state index contributed by atoms with van der Waals surface area (Å²) in [4.78, 5) is 37.8. The van der Waals surface area contributed by atoms with Crippen molar-refractivity contribution >= 4 is 28.9 Å². The van der Waals surface area contributed by atoms with Crippen molar-refractivity contribution in [2.75, 3.05) is 13.2 Å². The van der Waals surface area contributed by atoms with Crippen molar-refractivity contribution in [2.45, 2.75) is 26.4 Å². The first-order valence-electron chi connectivity index (χ1n) is 10.3. The van der Waals surface area contributed by atoms with Crippen LogP contribution >= 0.6 is 0 Å². The Morgan fingerprint density at radius 2 is 1.91 bits per heavy atom. The van der Waals surface area contributed by atoms with E-state index in [9.17, 15) is 14.4 Å². The minimum atomic E-state index is -0.867. The highest BCUT2D eigenvalue weighted by Gasteiger charge is 2.35. The predicted molar refractivity (Wildman–Crippen MR) is 115 cm³/mol. The van der Waals surface area contributed by atoms with Gasteiger partial charge in [-0.25, -0.2) is 14.4 Å². The summed E-state index contributed by atoms with van der Waals surface area (Å²) in [7, 11) is 0. The molecule has 9 nitrogen and oxygen atoms in total. The van der Waals surface area contributed by atoms with Gasteiger partial charge in [-0.1, -0.05) is 18.2 Å². The molecule has 0 fully saturated rings. The van der Waals surface area contributed by atoms with Gasteiger partial charge in [0.25, 0.3) is 0 Å². The zero-order chi connectivity index (χ0) is 22.7. The summed E-state index contributed by atoms with van der Waals surface area (Å²) in [5.74, 6) is -0.848. The maximum Gasteiger partial charge on any atom is 0.340 e. The van der Waals surface area contributed by atoms with E-state index in [0.29, 0.717) is 17.9 Å². The van der Waals surface area contributed by atoms with E-state index in [4.69, 9.17) is 13.9 Å². The molecule has 3 heterocycles. The second kappa shape index (κ2) is 9.01. The van der Waals surface area contributed by atoms with E-state index in [2.05, 4.69) is 10.6 Å². The maximum absolute atomic E-state index is 12.9. The molecule has 0 saturated heterocycles. The Balaban J connectivity index is 1.65. The first kappa shape index (κ1) is 21.2. The molecule has 0 spiro atoms. The summed E-state index contributed by atoms with van der Waals surface area (Å²) in [6.07, 6.45) is 3.18. The standard InChI is InChI=1S/C23H23N3O6/c1-3-26-12-15(14-8-5-6-9-17(14)26)21(27)32-13-16-19(22(28)30-4-2)20(25-23(29)24-16)18-10-7-11-31-18/h5-12,20H,3-4,13H2,1-2H3,(H2,24,25,29). The zero-order valence-corrected chi connectivity index (χ0v) is 17.7. The fraction of sp³-hybridized carbons (Fsp3) is 0.261. The molecule has 0 radical (unpaired) electrons. The van der Waals surface area contributed by atoms with Gasteiger partial charge in [0, 0.05) is 23.6 Å². The maximum atomic E-state index is 12.9. The van der Waals surface area contributed by atoms with Gasteiger partial charge in [0.15, 0.2) is 0 Å². The quantitative estimate of drug-likeness (QED) is 0.549. The van der Waals surface area contributed by atoms with E-state index in [1.54, 1.807) is 25.3 Å². The molecule has 0 aliphatic carbocycles. The molecule has 0 saturated carbocycles. The Hall–Kier alpha value is -4.01. The highest BCUT2D eigenvalue weighted by Crippen LogP contribution is 2.29. The summed E-state index contributed by atoms with van der Waals surface area (Å²) in [5, 5.41) is 5.97. The minimum absolute atomic E-state index is 0.116. The smallest absolute Gasteiger partial charge is 0.340 e. The summed E-state index contributed by atoms with van der Waals surface area (Å²) >= 11 is 0. The third kappa shape index (κ3) is 3.96. The number of ether oxygens (including phenoxy) is 2. The van der Waals surface area contributed by atoms with E-state index in [0.717, 1.165) is 10.9 Å². The van der Waals surface area contributed by atoms with Crippen LogP contribution in [0.15, 0.2) is 64.5 Å². The highest BCUT2D eigenvalue weighted by molar-refractivity contribution is 6.04. The number of fused-ring (bicyclic) bond motifs is 1. The largest absolute Gasteiger partial charge is 0.467 e. The molecule has 9 heteroatoms. The third-order valence-electron chi connectivity index (χ3n) is 5.17. The lowest BCUT2D eigenvalue weighted by atomic mass is 10.0. The molecule has 0 bridgehead atoms. The van der Waals surface area contributed by atoms with E-state index in [1.165, 1.54) is 6.26 Å². The Bertz CT molecular complexity index is 1190. The summed E-state index contributed by atoms with van der Waals surface area (Å²) in [6, 6.07) is 9.40. The van der Waals surface area contributed by atoms with Gasteiger partial charge in [0.2, 0.25) is 0 Å². The summed E-state index contributed by atoms with van der Waals surface area (Å²) in [6.45, 7) is 4.18. The van der Waals surface area contributed by atoms with Crippen LogP contribution in [0.1, 0.15) is 36.0 Å². The third-order valence-corrected chi connectivity index (χ3v) is 5.17.